The quantitative estimate of drug-likeness (QED) is 0.835. The Morgan fingerprint density at radius 1 is 1.50 bits per heavy atom. The number of nitrogens with zero attached hydrogens (tertiary/aromatic N) is 1. The van der Waals surface area contributed by atoms with Crippen LogP contribution in [-0.4, -0.2) is 37.1 Å². The molecule has 0 aliphatic heterocycles. The molecule has 0 spiro atoms. The number of halogens is 2. The maximum Gasteiger partial charge on any atom is 0.253 e. The summed E-state index contributed by atoms with van der Waals surface area (Å²) in [5.41, 5.74) is 0.336. The summed E-state index contributed by atoms with van der Waals surface area (Å²) in [6.07, 6.45) is 0.138. The van der Waals surface area contributed by atoms with Gasteiger partial charge in [0.15, 0.2) is 0 Å². The molecule has 0 heterocycles. The highest BCUT2D eigenvalue weighted by molar-refractivity contribution is 9.10. The maximum atomic E-state index is 13.3. The molecule has 0 aliphatic rings. The summed E-state index contributed by atoms with van der Waals surface area (Å²) in [5.74, 6) is -0.651. The van der Waals surface area contributed by atoms with Gasteiger partial charge in [-0.25, -0.2) is 4.39 Å². The van der Waals surface area contributed by atoms with Crippen molar-refractivity contribution in [3.8, 4) is 0 Å². The number of carbonyl (C=O) groups excluding carboxylic acids is 1. The number of rotatable bonds is 5. The van der Waals surface area contributed by atoms with E-state index in [0.29, 0.717) is 23.2 Å². The van der Waals surface area contributed by atoms with Crippen LogP contribution in [0.1, 0.15) is 24.2 Å². The average Bonchev–Trinajstić information content (AvgIpc) is 2.31. The maximum absolute atomic E-state index is 13.3. The van der Waals surface area contributed by atoms with Crippen LogP contribution < -0.4 is 0 Å². The third kappa shape index (κ3) is 4.38. The number of hydrogen-bond acceptors (Lipinski definition) is 2. The average molecular weight is 318 g/mol. The van der Waals surface area contributed by atoms with Gasteiger partial charge in [-0.1, -0.05) is 0 Å². The van der Waals surface area contributed by atoms with Crippen molar-refractivity contribution < 1.29 is 13.9 Å². The summed E-state index contributed by atoms with van der Waals surface area (Å²) in [6, 6.07) is 4.35. The Labute approximate surface area is 115 Å². The van der Waals surface area contributed by atoms with E-state index in [1.54, 1.807) is 13.1 Å². The van der Waals surface area contributed by atoms with Crippen molar-refractivity contribution in [2.24, 2.45) is 0 Å². The summed E-state index contributed by atoms with van der Waals surface area (Å²) < 4.78 is 19.0. The second kappa shape index (κ2) is 6.85. The van der Waals surface area contributed by atoms with Crippen LogP contribution in [0.4, 0.5) is 4.39 Å². The molecular weight excluding hydrogens is 301 g/mol. The fourth-order valence-corrected chi connectivity index (χ4v) is 1.62. The molecule has 0 radical (unpaired) electrons. The van der Waals surface area contributed by atoms with Crippen molar-refractivity contribution in [1.82, 2.24) is 4.90 Å². The van der Waals surface area contributed by atoms with Crippen molar-refractivity contribution >= 4 is 21.8 Å². The number of likely N-dealkylation sites (N-methyl/N-ethyl adjacent to an activating group) is 1. The van der Waals surface area contributed by atoms with E-state index in [1.165, 1.54) is 17.0 Å². The van der Waals surface area contributed by atoms with Crippen molar-refractivity contribution in [2.75, 3.05) is 20.2 Å². The Kier molecular flexibility index (Phi) is 5.75. The second-order valence-corrected chi connectivity index (χ2v) is 5.13. The van der Waals surface area contributed by atoms with E-state index < -0.39 is 5.82 Å². The fourth-order valence-electron chi connectivity index (χ4n) is 1.38. The SMILES string of the molecule is CC(C)OCCN(C)C(=O)c1ccc(Br)c(F)c1. The second-order valence-electron chi connectivity index (χ2n) is 4.28. The van der Waals surface area contributed by atoms with Crippen molar-refractivity contribution in [3.63, 3.8) is 0 Å². The minimum atomic E-state index is -0.437. The van der Waals surface area contributed by atoms with Crippen LogP contribution in [0.2, 0.25) is 0 Å². The van der Waals surface area contributed by atoms with Gasteiger partial charge in [0, 0.05) is 19.2 Å². The Bertz CT molecular complexity index is 423. The van der Waals surface area contributed by atoms with Crippen molar-refractivity contribution in [3.05, 3.63) is 34.1 Å². The summed E-state index contributed by atoms with van der Waals surface area (Å²) in [6.45, 7) is 4.82. The zero-order valence-corrected chi connectivity index (χ0v) is 12.3. The lowest BCUT2D eigenvalue weighted by molar-refractivity contribution is 0.0532. The van der Waals surface area contributed by atoms with Crippen LogP contribution in [0.3, 0.4) is 0 Å². The number of ether oxygens (including phenoxy) is 1. The van der Waals surface area contributed by atoms with Crippen LogP contribution in [0.15, 0.2) is 22.7 Å². The molecule has 0 aliphatic carbocycles. The van der Waals surface area contributed by atoms with Gasteiger partial charge < -0.3 is 9.64 Å². The predicted molar refractivity (Wildman–Crippen MR) is 72.1 cm³/mol. The first kappa shape index (κ1) is 15.1. The van der Waals surface area contributed by atoms with Gasteiger partial charge in [0.2, 0.25) is 0 Å². The third-order valence-electron chi connectivity index (χ3n) is 2.39. The van der Waals surface area contributed by atoms with E-state index in [9.17, 15) is 9.18 Å². The largest absolute Gasteiger partial charge is 0.377 e. The van der Waals surface area contributed by atoms with Gasteiger partial charge in [-0.3, -0.25) is 4.79 Å². The molecule has 1 rings (SSSR count). The van der Waals surface area contributed by atoms with Gasteiger partial charge in [-0.2, -0.15) is 0 Å². The first-order valence-electron chi connectivity index (χ1n) is 5.74. The lowest BCUT2D eigenvalue weighted by Crippen LogP contribution is -2.30. The molecule has 18 heavy (non-hydrogen) atoms. The molecule has 0 saturated heterocycles. The number of carbonyl (C=O) groups is 1. The summed E-state index contributed by atoms with van der Waals surface area (Å²) >= 11 is 3.05. The number of amides is 1. The summed E-state index contributed by atoms with van der Waals surface area (Å²) in [5, 5.41) is 0. The lowest BCUT2D eigenvalue weighted by atomic mass is 10.2. The standard InChI is InChI=1S/C13H17BrFNO2/c1-9(2)18-7-6-16(3)13(17)10-4-5-11(14)12(15)8-10/h4-5,8-9H,6-7H2,1-3H3. The highest BCUT2D eigenvalue weighted by Gasteiger charge is 2.13. The first-order chi connectivity index (χ1) is 8.41. The van der Waals surface area contributed by atoms with Gasteiger partial charge >= 0.3 is 0 Å². The molecule has 0 atom stereocenters. The zero-order valence-electron chi connectivity index (χ0n) is 10.7. The van der Waals surface area contributed by atoms with Crippen LogP contribution in [-0.2, 0) is 4.74 Å². The molecular formula is C13H17BrFNO2. The molecule has 0 aromatic heterocycles. The number of benzene rings is 1. The van der Waals surface area contributed by atoms with E-state index >= 15 is 0 Å². The fraction of sp³-hybridized carbons (Fsp3) is 0.462. The molecule has 0 bridgehead atoms. The van der Waals surface area contributed by atoms with Crippen LogP contribution >= 0.6 is 15.9 Å². The Balaban J connectivity index is 2.60. The molecule has 5 heteroatoms. The van der Waals surface area contributed by atoms with Crippen LogP contribution in [0, 0.1) is 5.82 Å². The molecule has 100 valence electrons. The molecule has 1 amide bonds. The highest BCUT2D eigenvalue weighted by Crippen LogP contribution is 2.17. The van der Waals surface area contributed by atoms with Crippen LogP contribution in [0.5, 0.6) is 0 Å². The molecule has 0 fully saturated rings. The molecule has 1 aromatic rings. The Hall–Kier alpha value is -0.940. The van der Waals surface area contributed by atoms with E-state index in [1.807, 2.05) is 13.8 Å². The lowest BCUT2D eigenvalue weighted by Gasteiger charge is -2.18. The molecule has 0 saturated carbocycles. The minimum absolute atomic E-state index is 0.138. The zero-order chi connectivity index (χ0) is 13.7. The number of hydrogen-bond donors (Lipinski definition) is 0. The van der Waals surface area contributed by atoms with E-state index in [-0.39, 0.29) is 12.0 Å². The van der Waals surface area contributed by atoms with E-state index in [0.717, 1.165) is 0 Å². The smallest absolute Gasteiger partial charge is 0.253 e. The Morgan fingerprint density at radius 2 is 2.17 bits per heavy atom. The van der Waals surface area contributed by atoms with Crippen molar-refractivity contribution in [1.29, 1.82) is 0 Å². The van der Waals surface area contributed by atoms with Crippen LogP contribution in [0.25, 0.3) is 0 Å². The van der Waals surface area contributed by atoms with E-state index in [2.05, 4.69) is 15.9 Å². The monoisotopic (exact) mass is 317 g/mol. The topological polar surface area (TPSA) is 29.5 Å². The van der Waals surface area contributed by atoms with Gasteiger partial charge in [0.05, 0.1) is 17.2 Å². The molecule has 0 N–H and O–H groups in total. The highest BCUT2D eigenvalue weighted by atomic mass is 79.9. The third-order valence-corrected chi connectivity index (χ3v) is 3.03. The summed E-state index contributed by atoms with van der Waals surface area (Å²) in [4.78, 5) is 13.5. The van der Waals surface area contributed by atoms with Gasteiger partial charge in [0.25, 0.3) is 5.91 Å². The predicted octanol–water partition coefficient (Wildman–Crippen LogP) is 3.09. The normalized spacial score (nSPS) is 10.8. The van der Waals surface area contributed by atoms with Gasteiger partial charge in [0.1, 0.15) is 5.82 Å². The van der Waals surface area contributed by atoms with Crippen molar-refractivity contribution in [2.45, 2.75) is 20.0 Å². The Morgan fingerprint density at radius 3 is 2.72 bits per heavy atom. The molecule has 0 unspecified atom stereocenters. The molecule has 1 aromatic carbocycles. The minimum Gasteiger partial charge on any atom is -0.377 e. The van der Waals surface area contributed by atoms with Gasteiger partial charge in [-0.05, 0) is 48.0 Å². The molecule has 3 nitrogen and oxygen atoms in total. The van der Waals surface area contributed by atoms with E-state index in [4.69, 9.17) is 4.74 Å². The summed E-state index contributed by atoms with van der Waals surface area (Å²) in [7, 11) is 1.67. The van der Waals surface area contributed by atoms with Gasteiger partial charge in [-0.15, -0.1) is 0 Å². The first-order valence-corrected chi connectivity index (χ1v) is 6.53.